The number of hydrazone groups is 1. The predicted molar refractivity (Wildman–Crippen MR) is 101 cm³/mol. The van der Waals surface area contributed by atoms with Crippen LogP contribution in [0.3, 0.4) is 0 Å². The number of carbonyl (C=O) groups excluding carboxylic acids is 3. The molecule has 1 fully saturated rings. The summed E-state index contributed by atoms with van der Waals surface area (Å²) in [7, 11) is 1.60. The second-order valence-corrected chi connectivity index (χ2v) is 7.68. The lowest BCUT2D eigenvalue weighted by atomic mass is 9.82. The maximum absolute atomic E-state index is 12.4. The molecule has 4 N–H and O–H groups in total. The highest BCUT2D eigenvalue weighted by Crippen LogP contribution is 2.27. The quantitative estimate of drug-likeness (QED) is 0.256. The lowest BCUT2D eigenvalue weighted by Gasteiger charge is -2.36. The van der Waals surface area contributed by atoms with Gasteiger partial charge in [-0.2, -0.15) is 5.10 Å². The molecular weight excluding hydrogens is 352 g/mol. The molecule has 0 aromatic carbocycles. The average Bonchev–Trinajstić information content (AvgIpc) is 2.58. The van der Waals surface area contributed by atoms with E-state index in [0.717, 1.165) is 0 Å². The molecule has 3 atom stereocenters. The number of methoxy groups -OCH3 is 1. The molecule has 9 heteroatoms. The summed E-state index contributed by atoms with van der Waals surface area (Å²) in [6.45, 7) is 7.44. The standard InChI is InChI=1S/C18H32N4O5/c1-6-27-15(23)10-14(19)21-22-16(24)11-7-8-13(26-5)12(9-11)20-17(25)18(2,3)4/h11-13H,6-10H2,1-5H3,(H2,19,21)(H,20,25)(H,22,24). The van der Waals surface area contributed by atoms with Crippen LogP contribution in [0.25, 0.3) is 0 Å². The molecule has 1 rings (SSSR count). The predicted octanol–water partition coefficient (Wildman–Crippen LogP) is 0.674. The van der Waals surface area contributed by atoms with E-state index in [1.165, 1.54) is 0 Å². The van der Waals surface area contributed by atoms with Crippen LogP contribution in [0.2, 0.25) is 0 Å². The van der Waals surface area contributed by atoms with Crippen LogP contribution in [-0.2, 0) is 23.9 Å². The molecule has 154 valence electrons. The van der Waals surface area contributed by atoms with Crippen LogP contribution in [0.15, 0.2) is 5.10 Å². The minimum absolute atomic E-state index is 0.0232. The van der Waals surface area contributed by atoms with Gasteiger partial charge in [0.05, 0.1) is 18.8 Å². The normalized spacial score (nSPS) is 23.4. The number of amides is 2. The monoisotopic (exact) mass is 384 g/mol. The zero-order chi connectivity index (χ0) is 20.6. The first-order valence-corrected chi connectivity index (χ1v) is 9.19. The summed E-state index contributed by atoms with van der Waals surface area (Å²) in [5.74, 6) is -1.25. The number of hydrogen-bond acceptors (Lipinski definition) is 6. The number of carbonyl (C=O) groups is 3. The summed E-state index contributed by atoms with van der Waals surface area (Å²) in [4.78, 5) is 36.0. The van der Waals surface area contributed by atoms with E-state index in [1.807, 2.05) is 20.8 Å². The molecule has 1 aliphatic carbocycles. The second-order valence-electron chi connectivity index (χ2n) is 7.68. The van der Waals surface area contributed by atoms with E-state index in [4.69, 9.17) is 15.2 Å². The smallest absolute Gasteiger partial charge is 0.313 e. The Bertz CT molecular complexity index is 571. The van der Waals surface area contributed by atoms with Crippen molar-refractivity contribution in [2.75, 3.05) is 13.7 Å². The largest absolute Gasteiger partial charge is 0.466 e. The Morgan fingerprint density at radius 1 is 1.22 bits per heavy atom. The van der Waals surface area contributed by atoms with Gasteiger partial charge in [-0.3, -0.25) is 14.4 Å². The van der Waals surface area contributed by atoms with E-state index in [0.29, 0.717) is 19.3 Å². The maximum atomic E-state index is 12.4. The molecule has 0 aromatic rings. The molecular formula is C18H32N4O5. The first kappa shape index (κ1) is 22.9. The van der Waals surface area contributed by atoms with Gasteiger partial charge in [0.1, 0.15) is 12.3 Å². The van der Waals surface area contributed by atoms with Gasteiger partial charge in [0.25, 0.3) is 0 Å². The van der Waals surface area contributed by atoms with Crippen LogP contribution in [0.4, 0.5) is 0 Å². The molecule has 2 amide bonds. The minimum Gasteiger partial charge on any atom is -0.466 e. The van der Waals surface area contributed by atoms with Gasteiger partial charge in [0, 0.05) is 18.4 Å². The fourth-order valence-corrected chi connectivity index (χ4v) is 2.82. The van der Waals surface area contributed by atoms with Crippen LogP contribution in [0.1, 0.15) is 53.4 Å². The van der Waals surface area contributed by atoms with Crippen molar-refractivity contribution in [3.05, 3.63) is 0 Å². The highest BCUT2D eigenvalue weighted by Gasteiger charge is 2.36. The van der Waals surface area contributed by atoms with Gasteiger partial charge in [-0.1, -0.05) is 20.8 Å². The Morgan fingerprint density at radius 3 is 2.44 bits per heavy atom. The molecule has 0 aliphatic heterocycles. The van der Waals surface area contributed by atoms with E-state index in [2.05, 4.69) is 15.8 Å². The zero-order valence-corrected chi connectivity index (χ0v) is 16.8. The molecule has 9 nitrogen and oxygen atoms in total. The van der Waals surface area contributed by atoms with Crippen molar-refractivity contribution in [1.29, 1.82) is 0 Å². The van der Waals surface area contributed by atoms with Crippen molar-refractivity contribution >= 4 is 23.6 Å². The fourth-order valence-electron chi connectivity index (χ4n) is 2.82. The minimum atomic E-state index is -0.528. The SMILES string of the molecule is CCOC(=O)C/C(N)=N/NC(=O)C1CCC(OC)C(NC(=O)C(C)(C)C)C1. The molecule has 0 bridgehead atoms. The van der Waals surface area contributed by atoms with Crippen molar-refractivity contribution in [1.82, 2.24) is 10.7 Å². The number of nitrogens with two attached hydrogens (primary N) is 1. The van der Waals surface area contributed by atoms with Crippen molar-refractivity contribution in [2.24, 2.45) is 22.2 Å². The molecule has 0 radical (unpaired) electrons. The van der Waals surface area contributed by atoms with Gasteiger partial charge >= 0.3 is 5.97 Å². The fraction of sp³-hybridized carbons (Fsp3) is 0.778. The molecule has 1 aliphatic rings. The van der Waals surface area contributed by atoms with Gasteiger partial charge in [-0.05, 0) is 26.2 Å². The number of nitrogens with one attached hydrogen (secondary N) is 2. The Balaban J connectivity index is 2.65. The highest BCUT2D eigenvalue weighted by molar-refractivity contribution is 5.97. The summed E-state index contributed by atoms with van der Waals surface area (Å²) in [5.41, 5.74) is 7.50. The van der Waals surface area contributed by atoms with Gasteiger partial charge in [-0.25, -0.2) is 5.43 Å². The zero-order valence-electron chi connectivity index (χ0n) is 16.8. The van der Waals surface area contributed by atoms with Crippen molar-refractivity contribution in [2.45, 2.75) is 65.5 Å². The first-order valence-electron chi connectivity index (χ1n) is 9.19. The molecule has 1 saturated carbocycles. The lowest BCUT2D eigenvalue weighted by Crippen LogP contribution is -2.52. The molecule has 27 heavy (non-hydrogen) atoms. The lowest BCUT2D eigenvalue weighted by molar-refractivity contribution is -0.141. The molecule has 3 unspecified atom stereocenters. The third kappa shape index (κ3) is 7.54. The van der Waals surface area contributed by atoms with Crippen LogP contribution < -0.4 is 16.5 Å². The van der Waals surface area contributed by atoms with Crippen molar-refractivity contribution in [3.8, 4) is 0 Å². The maximum Gasteiger partial charge on any atom is 0.313 e. The Kier molecular flexibility index (Phi) is 8.68. The highest BCUT2D eigenvalue weighted by atomic mass is 16.5. The van der Waals surface area contributed by atoms with Crippen LogP contribution in [-0.4, -0.2) is 49.5 Å². The van der Waals surface area contributed by atoms with E-state index in [1.54, 1.807) is 14.0 Å². The Labute approximate surface area is 160 Å². The van der Waals surface area contributed by atoms with Crippen LogP contribution in [0, 0.1) is 11.3 Å². The molecule has 0 saturated heterocycles. The van der Waals surface area contributed by atoms with Crippen LogP contribution >= 0.6 is 0 Å². The van der Waals surface area contributed by atoms with E-state index in [9.17, 15) is 14.4 Å². The van der Waals surface area contributed by atoms with Gasteiger partial charge in [-0.15, -0.1) is 0 Å². The second kappa shape index (κ2) is 10.2. The first-order chi connectivity index (χ1) is 12.6. The number of amidine groups is 1. The van der Waals surface area contributed by atoms with Gasteiger partial charge in [0.2, 0.25) is 11.8 Å². The van der Waals surface area contributed by atoms with Crippen LogP contribution in [0.5, 0.6) is 0 Å². The molecule has 0 aromatic heterocycles. The van der Waals surface area contributed by atoms with Crippen molar-refractivity contribution < 1.29 is 23.9 Å². The topological polar surface area (TPSA) is 132 Å². The van der Waals surface area contributed by atoms with Gasteiger partial charge in [0.15, 0.2) is 0 Å². The summed E-state index contributed by atoms with van der Waals surface area (Å²) in [5, 5.41) is 6.75. The summed E-state index contributed by atoms with van der Waals surface area (Å²) in [6.07, 6.45) is 1.37. The summed E-state index contributed by atoms with van der Waals surface area (Å²) < 4.78 is 10.2. The third-order valence-electron chi connectivity index (χ3n) is 4.40. The van der Waals surface area contributed by atoms with E-state index < -0.39 is 11.4 Å². The Morgan fingerprint density at radius 2 is 1.89 bits per heavy atom. The number of nitrogens with zero attached hydrogens (tertiary/aromatic N) is 1. The Hall–Kier alpha value is -2.16. The van der Waals surface area contributed by atoms with E-state index in [-0.39, 0.29) is 48.7 Å². The molecule has 0 spiro atoms. The molecule has 0 heterocycles. The summed E-state index contributed by atoms with van der Waals surface area (Å²) in [6, 6.07) is -0.257. The van der Waals surface area contributed by atoms with Crippen molar-refractivity contribution in [3.63, 3.8) is 0 Å². The number of rotatable bonds is 7. The van der Waals surface area contributed by atoms with Gasteiger partial charge < -0.3 is 20.5 Å². The van der Waals surface area contributed by atoms with E-state index >= 15 is 0 Å². The average molecular weight is 384 g/mol. The summed E-state index contributed by atoms with van der Waals surface area (Å²) >= 11 is 0. The number of esters is 1. The third-order valence-corrected chi connectivity index (χ3v) is 4.40. The number of hydrogen-bond donors (Lipinski definition) is 3. The number of ether oxygens (including phenoxy) is 2.